The highest BCUT2D eigenvalue weighted by Gasteiger charge is 2.11. The number of hydrogen-bond donors (Lipinski definition) is 1. The third-order valence-electron chi connectivity index (χ3n) is 3.54. The molecular formula is C19H21ClN2O3. The molecule has 0 bridgehead atoms. The van der Waals surface area contributed by atoms with Crippen LogP contribution in [-0.2, 0) is 6.42 Å². The van der Waals surface area contributed by atoms with Gasteiger partial charge in [0.25, 0.3) is 5.91 Å². The zero-order chi connectivity index (χ0) is 18.2. The Kier molecular flexibility index (Phi) is 6.83. The van der Waals surface area contributed by atoms with Gasteiger partial charge < -0.3 is 9.47 Å². The van der Waals surface area contributed by atoms with E-state index in [1.165, 1.54) is 18.9 Å². The Morgan fingerprint density at radius 3 is 2.56 bits per heavy atom. The molecule has 6 heteroatoms. The molecule has 0 spiro atoms. The third kappa shape index (κ3) is 4.97. The predicted molar refractivity (Wildman–Crippen MR) is 100 cm³/mol. The second-order valence-corrected chi connectivity index (χ2v) is 5.62. The average molecular weight is 361 g/mol. The van der Waals surface area contributed by atoms with E-state index in [0.717, 1.165) is 6.42 Å². The Hall–Kier alpha value is -2.53. The molecule has 1 amide bonds. The number of carbonyl (C=O) groups excluding carboxylic acids is 1. The normalized spacial score (nSPS) is 10.7. The van der Waals surface area contributed by atoms with Gasteiger partial charge in [-0.3, -0.25) is 4.79 Å². The lowest BCUT2D eigenvalue weighted by atomic mass is 10.1. The summed E-state index contributed by atoms with van der Waals surface area (Å²) < 4.78 is 10.7. The number of carbonyl (C=O) groups is 1. The molecule has 0 heterocycles. The quantitative estimate of drug-likeness (QED) is 0.598. The maximum atomic E-state index is 12.1. The summed E-state index contributed by atoms with van der Waals surface area (Å²) in [4.78, 5) is 12.1. The van der Waals surface area contributed by atoms with Gasteiger partial charge in [0.15, 0.2) is 11.5 Å². The van der Waals surface area contributed by atoms with Crippen molar-refractivity contribution in [2.24, 2.45) is 5.10 Å². The van der Waals surface area contributed by atoms with Crippen LogP contribution in [0.1, 0.15) is 35.3 Å². The van der Waals surface area contributed by atoms with Crippen LogP contribution < -0.4 is 14.9 Å². The van der Waals surface area contributed by atoms with Crippen LogP contribution in [0.4, 0.5) is 0 Å². The summed E-state index contributed by atoms with van der Waals surface area (Å²) in [5.41, 5.74) is 4.92. The van der Waals surface area contributed by atoms with Crippen LogP contribution in [0.15, 0.2) is 41.5 Å². The zero-order valence-electron chi connectivity index (χ0n) is 14.5. The van der Waals surface area contributed by atoms with Gasteiger partial charge in [0.05, 0.1) is 25.0 Å². The number of benzene rings is 2. The highest BCUT2D eigenvalue weighted by molar-refractivity contribution is 6.32. The van der Waals surface area contributed by atoms with Crippen LogP contribution in [0.5, 0.6) is 11.5 Å². The van der Waals surface area contributed by atoms with Crippen molar-refractivity contribution in [3.8, 4) is 11.5 Å². The van der Waals surface area contributed by atoms with Crippen LogP contribution in [0.3, 0.4) is 0 Å². The van der Waals surface area contributed by atoms with E-state index in [1.807, 2.05) is 19.1 Å². The van der Waals surface area contributed by atoms with Crippen LogP contribution in [-0.4, -0.2) is 25.8 Å². The Morgan fingerprint density at radius 1 is 1.24 bits per heavy atom. The molecular weight excluding hydrogens is 340 g/mol. The highest BCUT2D eigenvalue weighted by Crippen LogP contribution is 2.35. The third-order valence-corrected chi connectivity index (χ3v) is 3.82. The fourth-order valence-corrected chi connectivity index (χ4v) is 2.54. The minimum atomic E-state index is -0.274. The fourth-order valence-electron chi connectivity index (χ4n) is 2.25. The number of hydrazone groups is 1. The number of halogens is 1. The maximum absolute atomic E-state index is 12.1. The number of rotatable bonds is 7. The second kappa shape index (κ2) is 9.08. The van der Waals surface area contributed by atoms with Gasteiger partial charge in [-0.15, -0.1) is 0 Å². The van der Waals surface area contributed by atoms with E-state index in [1.54, 1.807) is 24.3 Å². The maximum Gasteiger partial charge on any atom is 0.271 e. The summed E-state index contributed by atoms with van der Waals surface area (Å²) in [6.45, 7) is 4.42. The van der Waals surface area contributed by atoms with Crippen molar-refractivity contribution < 1.29 is 14.3 Å². The summed E-state index contributed by atoms with van der Waals surface area (Å²) in [5, 5.41) is 4.39. The molecule has 132 valence electrons. The molecule has 0 fully saturated rings. The summed E-state index contributed by atoms with van der Waals surface area (Å²) in [7, 11) is 1.53. The van der Waals surface area contributed by atoms with Crippen LogP contribution in [0, 0.1) is 0 Å². The Labute approximate surface area is 152 Å². The molecule has 2 aromatic carbocycles. The molecule has 0 aromatic heterocycles. The Morgan fingerprint density at radius 2 is 1.96 bits per heavy atom. The van der Waals surface area contributed by atoms with Gasteiger partial charge >= 0.3 is 0 Å². The van der Waals surface area contributed by atoms with Gasteiger partial charge in [-0.2, -0.15) is 5.10 Å². The number of hydrogen-bond acceptors (Lipinski definition) is 4. The fraction of sp³-hybridized carbons (Fsp3) is 0.263. The highest BCUT2D eigenvalue weighted by atomic mass is 35.5. The van der Waals surface area contributed by atoms with Crippen molar-refractivity contribution in [1.82, 2.24) is 5.43 Å². The van der Waals surface area contributed by atoms with E-state index in [9.17, 15) is 4.79 Å². The first-order valence-electron chi connectivity index (χ1n) is 8.01. The van der Waals surface area contributed by atoms with Crippen molar-refractivity contribution in [2.75, 3.05) is 13.7 Å². The molecule has 0 unspecified atom stereocenters. The summed E-state index contributed by atoms with van der Waals surface area (Å²) in [5.74, 6) is 0.727. The molecule has 0 radical (unpaired) electrons. The van der Waals surface area contributed by atoms with Crippen LogP contribution in [0.25, 0.3) is 0 Å². The van der Waals surface area contributed by atoms with Crippen LogP contribution in [0.2, 0.25) is 5.02 Å². The zero-order valence-corrected chi connectivity index (χ0v) is 15.3. The van der Waals surface area contributed by atoms with Crippen molar-refractivity contribution in [2.45, 2.75) is 20.3 Å². The minimum absolute atomic E-state index is 0.274. The van der Waals surface area contributed by atoms with Crippen molar-refractivity contribution in [3.63, 3.8) is 0 Å². The molecule has 1 N–H and O–H groups in total. The Balaban J connectivity index is 2.09. The number of methoxy groups -OCH3 is 1. The van der Waals surface area contributed by atoms with Crippen molar-refractivity contribution in [1.29, 1.82) is 0 Å². The lowest BCUT2D eigenvalue weighted by Gasteiger charge is -2.11. The van der Waals surface area contributed by atoms with E-state index >= 15 is 0 Å². The van der Waals surface area contributed by atoms with Gasteiger partial charge in [-0.1, -0.05) is 30.7 Å². The molecule has 0 saturated carbocycles. The van der Waals surface area contributed by atoms with Gasteiger partial charge in [0, 0.05) is 5.56 Å². The molecule has 5 nitrogen and oxygen atoms in total. The standard InChI is InChI=1S/C19H21ClN2O3/c1-4-13-6-8-15(9-7-13)19(23)22-21-12-14-10-16(20)18(24-3)17(11-14)25-5-2/h6-12H,4-5H2,1-3H3,(H,22,23)/b21-12-. The van der Waals surface area contributed by atoms with Gasteiger partial charge in [-0.05, 0) is 48.7 Å². The summed E-state index contributed by atoms with van der Waals surface area (Å²) in [6.07, 6.45) is 2.44. The van der Waals surface area contributed by atoms with Gasteiger partial charge in [0.1, 0.15) is 0 Å². The first-order chi connectivity index (χ1) is 12.1. The molecule has 0 saturated heterocycles. The monoisotopic (exact) mass is 360 g/mol. The van der Waals surface area contributed by atoms with Crippen molar-refractivity contribution in [3.05, 3.63) is 58.1 Å². The topological polar surface area (TPSA) is 59.9 Å². The average Bonchev–Trinajstić information content (AvgIpc) is 2.62. The predicted octanol–water partition coefficient (Wildman–Crippen LogP) is 4.07. The lowest BCUT2D eigenvalue weighted by Crippen LogP contribution is -2.17. The van der Waals surface area contributed by atoms with E-state index in [2.05, 4.69) is 17.5 Å². The first kappa shape index (κ1) is 18.8. The first-order valence-corrected chi connectivity index (χ1v) is 8.39. The minimum Gasteiger partial charge on any atom is -0.491 e. The molecule has 0 atom stereocenters. The summed E-state index contributed by atoms with van der Waals surface area (Å²) >= 11 is 6.18. The molecule has 25 heavy (non-hydrogen) atoms. The van der Waals surface area contributed by atoms with E-state index in [4.69, 9.17) is 21.1 Å². The molecule has 2 rings (SSSR count). The molecule has 0 aliphatic carbocycles. The summed E-state index contributed by atoms with van der Waals surface area (Å²) in [6, 6.07) is 10.9. The number of nitrogens with zero attached hydrogens (tertiary/aromatic N) is 1. The largest absolute Gasteiger partial charge is 0.491 e. The van der Waals surface area contributed by atoms with Gasteiger partial charge in [-0.25, -0.2) is 5.43 Å². The molecule has 0 aliphatic rings. The van der Waals surface area contributed by atoms with Crippen LogP contribution >= 0.6 is 11.6 Å². The number of aryl methyl sites for hydroxylation is 1. The smallest absolute Gasteiger partial charge is 0.271 e. The Bertz CT molecular complexity index is 758. The second-order valence-electron chi connectivity index (χ2n) is 5.22. The molecule has 2 aromatic rings. The number of ether oxygens (including phenoxy) is 2. The van der Waals surface area contributed by atoms with E-state index in [0.29, 0.717) is 34.3 Å². The SMILES string of the molecule is CCOc1cc(/C=N\NC(=O)c2ccc(CC)cc2)cc(Cl)c1OC. The molecule has 0 aliphatic heterocycles. The lowest BCUT2D eigenvalue weighted by molar-refractivity contribution is 0.0955. The number of amides is 1. The number of nitrogens with one attached hydrogen (secondary N) is 1. The van der Waals surface area contributed by atoms with E-state index < -0.39 is 0 Å². The van der Waals surface area contributed by atoms with E-state index in [-0.39, 0.29) is 5.91 Å². The van der Waals surface area contributed by atoms with Gasteiger partial charge in [0.2, 0.25) is 0 Å². The van der Waals surface area contributed by atoms with Crippen molar-refractivity contribution >= 4 is 23.7 Å².